The van der Waals surface area contributed by atoms with Gasteiger partial charge in [-0.2, -0.15) is 0 Å². The van der Waals surface area contributed by atoms with Crippen LogP contribution in [0.1, 0.15) is 32.1 Å². The molecule has 5 heteroatoms. The van der Waals surface area contributed by atoms with Crippen molar-refractivity contribution in [3.8, 4) is 0 Å². The van der Waals surface area contributed by atoms with Crippen molar-refractivity contribution in [2.45, 2.75) is 32.1 Å². The van der Waals surface area contributed by atoms with Crippen LogP contribution in [0.3, 0.4) is 0 Å². The van der Waals surface area contributed by atoms with Gasteiger partial charge in [0.25, 0.3) is 11.8 Å². The quantitative estimate of drug-likeness (QED) is 0.419. The molecular formula is C15H20N2O3. The molecular weight excluding hydrogens is 256 g/mol. The molecule has 0 aliphatic carbocycles. The molecule has 108 valence electrons. The van der Waals surface area contributed by atoms with Crippen LogP contribution < -0.4 is 5.73 Å². The van der Waals surface area contributed by atoms with E-state index >= 15 is 0 Å². The van der Waals surface area contributed by atoms with Gasteiger partial charge in [-0.05, 0) is 18.9 Å². The van der Waals surface area contributed by atoms with Gasteiger partial charge in [-0.1, -0.05) is 31.4 Å². The van der Waals surface area contributed by atoms with Gasteiger partial charge in [-0.3, -0.25) is 9.59 Å². The van der Waals surface area contributed by atoms with Crippen molar-refractivity contribution >= 4 is 11.8 Å². The molecule has 0 aromatic rings. The highest BCUT2D eigenvalue weighted by Gasteiger charge is 2.31. The third-order valence-electron chi connectivity index (χ3n) is 2.71. The van der Waals surface area contributed by atoms with E-state index < -0.39 is 0 Å². The van der Waals surface area contributed by atoms with Gasteiger partial charge in [0.2, 0.25) is 0 Å². The highest BCUT2D eigenvalue weighted by Crippen LogP contribution is 2.18. The Hall–Kier alpha value is -2.30. The minimum absolute atomic E-state index is 0.205. The molecule has 20 heavy (non-hydrogen) atoms. The number of allylic oxidation sites excluding steroid dienone is 4. The van der Waals surface area contributed by atoms with Crippen molar-refractivity contribution in [1.82, 2.24) is 5.06 Å². The Morgan fingerprint density at radius 2 is 1.75 bits per heavy atom. The average Bonchev–Trinajstić information content (AvgIpc) is 2.68. The van der Waals surface area contributed by atoms with Gasteiger partial charge >= 0.3 is 0 Å². The standard InChI is InChI=1S/C15H20N2O3/c1-11(7-8-12(2)16)5-4-6-13(3)20-17-14(18)9-10-15(17)19/h7-8H,1-6,9-10,16H2/b8-7-. The van der Waals surface area contributed by atoms with Gasteiger partial charge in [0.15, 0.2) is 0 Å². The summed E-state index contributed by atoms with van der Waals surface area (Å²) in [6.45, 7) is 11.1. The maximum Gasteiger partial charge on any atom is 0.263 e. The molecule has 0 aromatic heterocycles. The van der Waals surface area contributed by atoms with E-state index in [2.05, 4.69) is 19.7 Å². The SMILES string of the molecule is C=C(N)/C=C\C(=C)CCCC(=C)ON1C(=O)CCC1=O. The molecule has 0 saturated carbocycles. The minimum Gasteiger partial charge on any atom is -0.399 e. The fourth-order valence-corrected chi connectivity index (χ4v) is 1.65. The molecule has 0 bridgehead atoms. The predicted octanol–water partition coefficient (Wildman–Crippen LogP) is 2.34. The number of hydrogen-bond donors (Lipinski definition) is 1. The molecule has 0 aromatic carbocycles. The molecule has 1 aliphatic heterocycles. The Labute approximate surface area is 119 Å². The summed E-state index contributed by atoms with van der Waals surface area (Å²) in [6.07, 6.45) is 5.96. The van der Waals surface area contributed by atoms with Crippen LogP contribution in [0.4, 0.5) is 0 Å². The van der Waals surface area contributed by atoms with Gasteiger partial charge in [0.05, 0.1) is 0 Å². The first-order chi connectivity index (χ1) is 9.40. The second-order valence-electron chi connectivity index (χ2n) is 4.63. The Morgan fingerprint density at radius 3 is 2.30 bits per heavy atom. The van der Waals surface area contributed by atoms with E-state index in [0.717, 1.165) is 23.5 Å². The summed E-state index contributed by atoms with van der Waals surface area (Å²) >= 11 is 0. The fourth-order valence-electron chi connectivity index (χ4n) is 1.65. The normalized spacial score (nSPS) is 14.9. The van der Waals surface area contributed by atoms with Crippen LogP contribution in [0.25, 0.3) is 0 Å². The summed E-state index contributed by atoms with van der Waals surface area (Å²) in [7, 11) is 0. The lowest BCUT2D eigenvalue weighted by atomic mass is 10.1. The monoisotopic (exact) mass is 276 g/mol. The second-order valence-corrected chi connectivity index (χ2v) is 4.63. The number of carbonyl (C=O) groups is 2. The van der Waals surface area contributed by atoms with E-state index in [9.17, 15) is 9.59 Å². The molecule has 2 N–H and O–H groups in total. The number of hydroxylamine groups is 2. The number of nitrogens with two attached hydrogens (primary N) is 1. The van der Waals surface area contributed by atoms with E-state index in [-0.39, 0.29) is 24.7 Å². The van der Waals surface area contributed by atoms with Gasteiger partial charge in [0.1, 0.15) is 5.76 Å². The first kappa shape index (κ1) is 15.8. The lowest BCUT2D eigenvalue weighted by molar-refractivity contribution is -0.177. The molecule has 1 saturated heterocycles. The number of imide groups is 1. The summed E-state index contributed by atoms with van der Waals surface area (Å²) in [5.41, 5.74) is 6.80. The Balaban J connectivity index is 2.27. The van der Waals surface area contributed by atoms with Crippen LogP contribution in [-0.2, 0) is 14.4 Å². The number of amides is 2. The van der Waals surface area contributed by atoms with E-state index in [1.54, 1.807) is 12.2 Å². The maximum atomic E-state index is 11.3. The van der Waals surface area contributed by atoms with Crippen LogP contribution in [-0.4, -0.2) is 16.9 Å². The van der Waals surface area contributed by atoms with Crippen molar-refractivity contribution in [2.24, 2.45) is 5.73 Å². The zero-order chi connectivity index (χ0) is 15.1. The topological polar surface area (TPSA) is 72.6 Å². The van der Waals surface area contributed by atoms with Crippen LogP contribution in [0.2, 0.25) is 0 Å². The lowest BCUT2D eigenvalue weighted by Gasteiger charge is -2.15. The van der Waals surface area contributed by atoms with E-state index in [1.807, 2.05) is 0 Å². The van der Waals surface area contributed by atoms with Crippen molar-refractivity contribution in [1.29, 1.82) is 0 Å². The summed E-state index contributed by atoms with van der Waals surface area (Å²) in [5, 5.41) is 0.801. The maximum absolute atomic E-state index is 11.3. The fraction of sp³-hybridized carbons (Fsp3) is 0.333. The van der Waals surface area contributed by atoms with Crippen LogP contribution in [0.5, 0.6) is 0 Å². The Morgan fingerprint density at radius 1 is 1.15 bits per heavy atom. The Bertz CT molecular complexity index is 462. The van der Waals surface area contributed by atoms with Crippen LogP contribution >= 0.6 is 0 Å². The Kier molecular flexibility index (Phi) is 5.77. The second kappa shape index (κ2) is 7.33. The molecule has 5 nitrogen and oxygen atoms in total. The number of nitrogens with zero attached hydrogens (tertiary/aromatic N) is 1. The summed E-state index contributed by atoms with van der Waals surface area (Å²) < 4.78 is 0. The lowest BCUT2D eigenvalue weighted by Crippen LogP contribution is -2.28. The summed E-state index contributed by atoms with van der Waals surface area (Å²) in [5.74, 6) is -0.233. The molecule has 2 amide bonds. The van der Waals surface area contributed by atoms with Crippen LogP contribution in [0, 0.1) is 0 Å². The molecule has 1 aliphatic rings. The third kappa shape index (κ3) is 5.14. The molecule has 0 spiro atoms. The average molecular weight is 276 g/mol. The molecule has 1 heterocycles. The summed E-state index contributed by atoms with van der Waals surface area (Å²) in [4.78, 5) is 27.9. The first-order valence-corrected chi connectivity index (χ1v) is 6.42. The summed E-state index contributed by atoms with van der Waals surface area (Å²) in [6, 6.07) is 0. The highest BCUT2D eigenvalue weighted by molar-refractivity contribution is 6.00. The number of rotatable bonds is 8. The smallest absolute Gasteiger partial charge is 0.263 e. The van der Waals surface area contributed by atoms with Crippen molar-refractivity contribution in [2.75, 3.05) is 0 Å². The third-order valence-corrected chi connectivity index (χ3v) is 2.71. The number of carbonyl (C=O) groups excluding carboxylic acids is 2. The van der Waals surface area contributed by atoms with Crippen LogP contribution in [0.15, 0.2) is 48.9 Å². The predicted molar refractivity (Wildman–Crippen MR) is 76.8 cm³/mol. The molecule has 1 fully saturated rings. The van der Waals surface area contributed by atoms with Gasteiger partial charge < -0.3 is 10.6 Å². The highest BCUT2D eigenvalue weighted by atomic mass is 16.7. The molecule has 0 radical (unpaired) electrons. The largest absolute Gasteiger partial charge is 0.399 e. The van der Waals surface area contributed by atoms with E-state index in [0.29, 0.717) is 17.9 Å². The zero-order valence-electron chi connectivity index (χ0n) is 11.6. The number of hydrogen-bond acceptors (Lipinski definition) is 4. The molecule has 1 rings (SSSR count). The van der Waals surface area contributed by atoms with E-state index in [4.69, 9.17) is 10.6 Å². The van der Waals surface area contributed by atoms with Crippen molar-refractivity contribution < 1.29 is 14.4 Å². The van der Waals surface area contributed by atoms with Gasteiger partial charge in [-0.15, -0.1) is 5.06 Å². The minimum atomic E-state index is -0.315. The van der Waals surface area contributed by atoms with Gasteiger partial charge in [0, 0.05) is 25.0 Å². The van der Waals surface area contributed by atoms with Gasteiger partial charge in [-0.25, -0.2) is 0 Å². The van der Waals surface area contributed by atoms with Crippen molar-refractivity contribution in [3.05, 3.63) is 48.9 Å². The van der Waals surface area contributed by atoms with E-state index in [1.165, 1.54) is 0 Å². The molecule has 0 unspecified atom stereocenters. The molecule has 0 atom stereocenters. The van der Waals surface area contributed by atoms with Crippen molar-refractivity contribution in [3.63, 3.8) is 0 Å². The first-order valence-electron chi connectivity index (χ1n) is 6.42. The zero-order valence-corrected chi connectivity index (χ0v) is 11.6.